The third kappa shape index (κ3) is 2.50. The van der Waals surface area contributed by atoms with Crippen molar-refractivity contribution >= 4 is 33.3 Å². The molecule has 3 N–H and O–H groups in total. The number of nitrogens with zero attached hydrogens (tertiary/aromatic N) is 2. The first kappa shape index (κ1) is 11.7. The molecule has 0 bridgehead atoms. The normalized spacial score (nSPS) is 10.3. The number of anilines is 3. The van der Waals surface area contributed by atoms with Gasteiger partial charge in [-0.15, -0.1) is 0 Å². The van der Waals surface area contributed by atoms with E-state index >= 15 is 0 Å². The average Bonchev–Trinajstić information content (AvgIpc) is 2.25. The maximum absolute atomic E-state index is 13.5. The summed E-state index contributed by atoms with van der Waals surface area (Å²) in [5.74, 6) is -1.09. The van der Waals surface area contributed by atoms with Crippen LogP contribution in [0.1, 0.15) is 0 Å². The largest absolute Gasteiger partial charge is 0.381 e. The highest BCUT2D eigenvalue weighted by Crippen LogP contribution is 2.30. The van der Waals surface area contributed by atoms with Gasteiger partial charge in [0.05, 0.1) is 5.69 Å². The fourth-order valence-corrected chi connectivity index (χ4v) is 1.73. The molecule has 0 radical (unpaired) electrons. The summed E-state index contributed by atoms with van der Waals surface area (Å²) in [6.07, 6.45) is 2.82. The number of benzene rings is 1. The van der Waals surface area contributed by atoms with Gasteiger partial charge in [-0.05, 0) is 22.0 Å². The van der Waals surface area contributed by atoms with Crippen molar-refractivity contribution in [3.05, 3.63) is 40.6 Å². The summed E-state index contributed by atoms with van der Waals surface area (Å²) >= 11 is 3.05. The van der Waals surface area contributed by atoms with Crippen molar-refractivity contribution in [3.8, 4) is 0 Å². The van der Waals surface area contributed by atoms with Crippen molar-refractivity contribution in [2.75, 3.05) is 11.1 Å². The zero-order chi connectivity index (χ0) is 12.4. The van der Waals surface area contributed by atoms with Gasteiger partial charge >= 0.3 is 0 Å². The van der Waals surface area contributed by atoms with Gasteiger partial charge in [0.2, 0.25) is 0 Å². The fourth-order valence-electron chi connectivity index (χ4n) is 1.23. The first-order chi connectivity index (χ1) is 8.08. The highest BCUT2D eigenvalue weighted by Gasteiger charge is 2.11. The van der Waals surface area contributed by atoms with Gasteiger partial charge in [-0.3, -0.25) is 0 Å². The van der Waals surface area contributed by atoms with Crippen LogP contribution in [0.4, 0.5) is 26.1 Å². The van der Waals surface area contributed by atoms with Crippen LogP contribution in [-0.4, -0.2) is 9.97 Å². The van der Waals surface area contributed by atoms with Crippen LogP contribution in [0.5, 0.6) is 0 Å². The molecule has 4 nitrogen and oxygen atoms in total. The summed E-state index contributed by atoms with van der Waals surface area (Å²) in [6.45, 7) is 0. The molecule has 2 rings (SSSR count). The van der Waals surface area contributed by atoms with Gasteiger partial charge in [-0.1, -0.05) is 0 Å². The smallest absolute Gasteiger partial charge is 0.173 e. The van der Waals surface area contributed by atoms with Crippen LogP contribution in [0.15, 0.2) is 29.0 Å². The van der Waals surface area contributed by atoms with Crippen LogP contribution in [-0.2, 0) is 0 Å². The highest BCUT2D eigenvalue weighted by atomic mass is 79.9. The molecule has 0 fully saturated rings. The number of nitrogen functional groups attached to an aromatic ring is 1. The Kier molecular flexibility index (Phi) is 3.19. The van der Waals surface area contributed by atoms with Gasteiger partial charge in [0.25, 0.3) is 0 Å². The minimum atomic E-state index is -0.748. The van der Waals surface area contributed by atoms with Crippen molar-refractivity contribution in [2.24, 2.45) is 0 Å². The second kappa shape index (κ2) is 4.62. The van der Waals surface area contributed by atoms with E-state index in [0.29, 0.717) is 0 Å². The number of halogens is 3. The Morgan fingerprint density at radius 1 is 1.18 bits per heavy atom. The standard InChI is InChI=1S/C10H7BrF2N4/c11-6-3-5(12)4-7(13)8(6)17-10-9(14)15-1-2-16-10/h1-4H,(H2,14,15)(H,16,17). The van der Waals surface area contributed by atoms with Gasteiger partial charge in [0.15, 0.2) is 17.5 Å². The molecule has 0 atom stereocenters. The molecule has 1 heterocycles. The summed E-state index contributed by atoms with van der Waals surface area (Å²) in [6, 6.07) is 1.90. The molecule has 0 unspecified atom stereocenters. The Bertz CT molecular complexity index is 539. The Morgan fingerprint density at radius 3 is 2.53 bits per heavy atom. The van der Waals surface area contributed by atoms with Crippen molar-refractivity contribution in [3.63, 3.8) is 0 Å². The molecule has 0 saturated heterocycles. The van der Waals surface area contributed by atoms with E-state index in [9.17, 15) is 8.78 Å². The number of nitrogens with one attached hydrogen (secondary N) is 1. The molecule has 2 aromatic rings. The molecule has 0 aliphatic rings. The zero-order valence-corrected chi connectivity index (χ0v) is 10.0. The number of aromatic nitrogens is 2. The second-order valence-corrected chi connectivity index (χ2v) is 4.01. The summed E-state index contributed by atoms with van der Waals surface area (Å²) in [5.41, 5.74) is 5.60. The van der Waals surface area contributed by atoms with Gasteiger partial charge in [0.1, 0.15) is 5.82 Å². The quantitative estimate of drug-likeness (QED) is 0.895. The molecular formula is C10H7BrF2N4. The van der Waals surface area contributed by atoms with Crippen LogP contribution in [0.2, 0.25) is 0 Å². The van der Waals surface area contributed by atoms with E-state index in [2.05, 4.69) is 31.2 Å². The van der Waals surface area contributed by atoms with E-state index in [4.69, 9.17) is 5.73 Å². The second-order valence-electron chi connectivity index (χ2n) is 3.16. The first-order valence-electron chi connectivity index (χ1n) is 4.56. The monoisotopic (exact) mass is 300 g/mol. The lowest BCUT2D eigenvalue weighted by Gasteiger charge is -2.10. The maximum atomic E-state index is 13.5. The third-order valence-electron chi connectivity index (χ3n) is 1.98. The molecule has 88 valence electrons. The number of hydrogen-bond acceptors (Lipinski definition) is 4. The summed E-state index contributed by atoms with van der Waals surface area (Å²) in [7, 11) is 0. The number of hydrogen-bond donors (Lipinski definition) is 2. The molecule has 0 saturated carbocycles. The zero-order valence-electron chi connectivity index (χ0n) is 8.42. The van der Waals surface area contributed by atoms with Crippen molar-refractivity contribution < 1.29 is 8.78 Å². The minimum absolute atomic E-state index is 0.0543. The van der Waals surface area contributed by atoms with E-state index in [-0.39, 0.29) is 21.8 Å². The van der Waals surface area contributed by atoms with Gasteiger partial charge < -0.3 is 11.1 Å². The van der Waals surface area contributed by atoms with E-state index in [1.807, 2.05) is 0 Å². The van der Waals surface area contributed by atoms with E-state index in [1.165, 1.54) is 12.4 Å². The predicted octanol–water partition coefficient (Wildman–Crippen LogP) is 2.84. The first-order valence-corrected chi connectivity index (χ1v) is 5.35. The Morgan fingerprint density at radius 2 is 1.88 bits per heavy atom. The lowest BCUT2D eigenvalue weighted by Crippen LogP contribution is -2.03. The number of rotatable bonds is 2. The van der Waals surface area contributed by atoms with E-state index < -0.39 is 11.6 Å². The topological polar surface area (TPSA) is 63.8 Å². The van der Waals surface area contributed by atoms with Gasteiger partial charge in [-0.2, -0.15) is 0 Å². The SMILES string of the molecule is Nc1nccnc1Nc1c(F)cc(F)cc1Br. The lowest BCUT2D eigenvalue weighted by atomic mass is 10.3. The van der Waals surface area contributed by atoms with Crippen LogP contribution in [0.25, 0.3) is 0 Å². The van der Waals surface area contributed by atoms with Crippen molar-refractivity contribution in [1.29, 1.82) is 0 Å². The molecule has 7 heteroatoms. The Balaban J connectivity index is 2.40. The summed E-state index contributed by atoms with van der Waals surface area (Å²) in [5, 5.41) is 2.65. The molecule has 0 amide bonds. The predicted molar refractivity (Wildman–Crippen MR) is 63.8 cm³/mol. The Hall–Kier alpha value is -1.76. The average molecular weight is 301 g/mol. The maximum Gasteiger partial charge on any atom is 0.173 e. The molecular weight excluding hydrogens is 294 g/mol. The van der Waals surface area contributed by atoms with Crippen LogP contribution in [0.3, 0.4) is 0 Å². The van der Waals surface area contributed by atoms with Gasteiger partial charge in [0, 0.05) is 22.9 Å². The highest BCUT2D eigenvalue weighted by molar-refractivity contribution is 9.10. The molecule has 1 aromatic carbocycles. The molecule has 17 heavy (non-hydrogen) atoms. The van der Waals surface area contributed by atoms with E-state index in [1.54, 1.807) is 0 Å². The van der Waals surface area contributed by atoms with Crippen LogP contribution >= 0.6 is 15.9 Å². The van der Waals surface area contributed by atoms with E-state index in [0.717, 1.165) is 12.1 Å². The molecule has 0 aliphatic carbocycles. The summed E-state index contributed by atoms with van der Waals surface area (Å²) < 4.78 is 26.6. The minimum Gasteiger partial charge on any atom is -0.381 e. The summed E-state index contributed by atoms with van der Waals surface area (Å²) in [4.78, 5) is 7.69. The fraction of sp³-hybridized carbons (Fsp3) is 0. The van der Waals surface area contributed by atoms with Crippen molar-refractivity contribution in [2.45, 2.75) is 0 Å². The molecule has 0 spiro atoms. The Labute approximate surface area is 104 Å². The lowest BCUT2D eigenvalue weighted by molar-refractivity contribution is 0.584. The van der Waals surface area contributed by atoms with Gasteiger partial charge in [-0.25, -0.2) is 18.7 Å². The van der Waals surface area contributed by atoms with Crippen LogP contribution in [0, 0.1) is 11.6 Å². The third-order valence-corrected chi connectivity index (χ3v) is 2.60. The molecule has 1 aromatic heterocycles. The van der Waals surface area contributed by atoms with Crippen LogP contribution < -0.4 is 11.1 Å². The van der Waals surface area contributed by atoms with Crippen molar-refractivity contribution in [1.82, 2.24) is 9.97 Å². The molecule has 0 aliphatic heterocycles. The number of nitrogens with two attached hydrogens (primary N) is 1.